The van der Waals surface area contributed by atoms with Crippen LogP contribution in [0.1, 0.15) is 12.8 Å². The van der Waals surface area contributed by atoms with Gasteiger partial charge in [-0.25, -0.2) is 4.79 Å². The molecular weight excluding hydrogens is 285 g/mol. The molecule has 19 heavy (non-hydrogen) atoms. The molecule has 6 heteroatoms. The van der Waals surface area contributed by atoms with Gasteiger partial charge in [0.25, 0.3) is 0 Å². The Morgan fingerprint density at radius 2 is 2.21 bits per heavy atom. The van der Waals surface area contributed by atoms with Gasteiger partial charge in [0.1, 0.15) is 0 Å². The number of anilines is 1. The second kappa shape index (κ2) is 6.46. The molecule has 1 atom stereocenters. The summed E-state index contributed by atoms with van der Waals surface area (Å²) in [5.74, 6) is 0.397. The van der Waals surface area contributed by atoms with Gasteiger partial charge >= 0.3 is 6.03 Å². The summed E-state index contributed by atoms with van der Waals surface area (Å²) < 4.78 is 0. The molecule has 1 fully saturated rings. The maximum atomic E-state index is 12.1. The Balaban J connectivity index is 1.98. The summed E-state index contributed by atoms with van der Waals surface area (Å²) in [7, 11) is 0. The highest BCUT2D eigenvalue weighted by atomic mass is 35.5. The maximum absolute atomic E-state index is 12.1. The normalized spacial score (nSPS) is 19.3. The van der Waals surface area contributed by atoms with Crippen LogP contribution in [-0.4, -0.2) is 30.6 Å². The van der Waals surface area contributed by atoms with E-state index in [4.69, 9.17) is 28.9 Å². The predicted octanol–water partition coefficient (Wildman–Crippen LogP) is 3.20. The molecule has 1 aliphatic heterocycles. The lowest BCUT2D eigenvalue weighted by Crippen LogP contribution is -2.44. The lowest BCUT2D eigenvalue weighted by Gasteiger charge is -2.32. The molecule has 2 rings (SSSR count). The molecule has 104 valence electrons. The molecule has 0 aromatic heterocycles. The Labute approximate surface area is 122 Å². The topological polar surface area (TPSA) is 58.4 Å². The van der Waals surface area contributed by atoms with E-state index in [9.17, 15) is 4.79 Å². The predicted molar refractivity (Wildman–Crippen MR) is 78.8 cm³/mol. The van der Waals surface area contributed by atoms with Crippen molar-refractivity contribution in [2.24, 2.45) is 11.7 Å². The third-order valence-electron chi connectivity index (χ3n) is 3.31. The van der Waals surface area contributed by atoms with Gasteiger partial charge in [0.05, 0.1) is 10.0 Å². The van der Waals surface area contributed by atoms with Crippen LogP contribution in [0.25, 0.3) is 0 Å². The fourth-order valence-electron chi connectivity index (χ4n) is 2.22. The fourth-order valence-corrected chi connectivity index (χ4v) is 2.52. The van der Waals surface area contributed by atoms with Gasteiger partial charge in [-0.3, -0.25) is 0 Å². The van der Waals surface area contributed by atoms with Crippen LogP contribution in [-0.2, 0) is 0 Å². The molecule has 0 saturated carbocycles. The zero-order chi connectivity index (χ0) is 13.8. The minimum absolute atomic E-state index is 0.114. The second-order valence-corrected chi connectivity index (χ2v) is 5.56. The Hall–Kier alpha value is -0.970. The van der Waals surface area contributed by atoms with Gasteiger partial charge in [0, 0.05) is 18.8 Å². The van der Waals surface area contributed by atoms with Gasteiger partial charge in [-0.15, -0.1) is 0 Å². The summed E-state index contributed by atoms with van der Waals surface area (Å²) in [4.78, 5) is 13.9. The number of nitrogens with zero attached hydrogens (tertiary/aromatic N) is 1. The third kappa shape index (κ3) is 3.75. The molecule has 1 saturated heterocycles. The largest absolute Gasteiger partial charge is 0.330 e. The van der Waals surface area contributed by atoms with E-state index in [-0.39, 0.29) is 6.03 Å². The number of amides is 2. The van der Waals surface area contributed by atoms with Crippen LogP contribution in [0, 0.1) is 5.92 Å². The first-order valence-electron chi connectivity index (χ1n) is 6.31. The molecule has 0 aliphatic carbocycles. The number of likely N-dealkylation sites (tertiary alicyclic amines) is 1. The number of hydrogen-bond donors (Lipinski definition) is 2. The van der Waals surface area contributed by atoms with Crippen LogP contribution in [0.2, 0.25) is 10.0 Å². The van der Waals surface area contributed by atoms with E-state index in [2.05, 4.69) is 5.32 Å². The molecule has 1 heterocycles. The molecule has 0 radical (unpaired) electrons. The monoisotopic (exact) mass is 301 g/mol. The maximum Gasteiger partial charge on any atom is 0.321 e. The molecular formula is C13H17Cl2N3O. The van der Waals surface area contributed by atoms with Crippen LogP contribution in [0.5, 0.6) is 0 Å². The number of rotatable bonds is 2. The van der Waals surface area contributed by atoms with Crippen molar-refractivity contribution in [3.8, 4) is 0 Å². The van der Waals surface area contributed by atoms with Crippen LogP contribution in [0.15, 0.2) is 18.2 Å². The van der Waals surface area contributed by atoms with Gasteiger partial charge in [-0.1, -0.05) is 23.2 Å². The van der Waals surface area contributed by atoms with Crippen molar-refractivity contribution in [3.63, 3.8) is 0 Å². The van der Waals surface area contributed by atoms with Gasteiger partial charge in [0.15, 0.2) is 0 Å². The second-order valence-electron chi connectivity index (χ2n) is 4.75. The van der Waals surface area contributed by atoms with Crippen molar-refractivity contribution in [2.45, 2.75) is 12.8 Å². The average molecular weight is 302 g/mol. The summed E-state index contributed by atoms with van der Waals surface area (Å²) in [6.07, 6.45) is 2.09. The van der Waals surface area contributed by atoms with Crippen molar-refractivity contribution in [1.82, 2.24) is 4.90 Å². The molecule has 3 N–H and O–H groups in total. The number of urea groups is 1. The Morgan fingerprint density at radius 3 is 2.89 bits per heavy atom. The minimum Gasteiger partial charge on any atom is -0.330 e. The van der Waals surface area contributed by atoms with E-state index in [1.807, 2.05) is 0 Å². The van der Waals surface area contributed by atoms with Crippen molar-refractivity contribution in [1.29, 1.82) is 0 Å². The Morgan fingerprint density at radius 1 is 1.42 bits per heavy atom. The summed E-state index contributed by atoms with van der Waals surface area (Å²) in [5.41, 5.74) is 6.31. The molecule has 1 aliphatic rings. The summed E-state index contributed by atoms with van der Waals surface area (Å²) >= 11 is 11.8. The van der Waals surface area contributed by atoms with Crippen LogP contribution in [0.4, 0.5) is 10.5 Å². The number of carbonyl (C=O) groups excluding carboxylic acids is 1. The quantitative estimate of drug-likeness (QED) is 0.881. The smallest absolute Gasteiger partial charge is 0.321 e. The van der Waals surface area contributed by atoms with Crippen LogP contribution >= 0.6 is 23.2 Å². The van der Waals surface area contributed by atoms with Crippen molar-refractivity contribution in [2.75, 3.05) is 25.0 Å². The van der Waals surface area contributed by atoms with Crippen LogP contribution in [0.3, 0.4) is 0 Å². The summed E-state index contributed by atoms with van der Waals surface area (Å²) in [6, 6.07) is 4.93. The number of nitrogens with two attached hydrogens (primary N) is 1. The van der Waals surface area contributed by atoms with Gasteiger partial charge < -0.3 is 16.0 Å². The Kier molecular flexibility index (Phi) is 4.91. The zero-order valence-electron chi connectivity index (χ0n) is 10.5. The number of hydrogen-bond acceptors (Lipinski definition) is 2. The van der Waals surface area contributed by atoms with E-state index in [0.29, 0.717) is 34.7 Å². The lowest BCUT2D eigenvalue weighted by molar-refractivity contribution is 0.179. The average Bonchev–Trinajstić information content (AvgIpc) is 2.43. The van der Waals surface area contributed by atoms with Crippen molar-refractivity contribution < 1.29 is 4.79 Å². The van der Waals surface area contributed by atoms with Crippen LogP contribution < -0.4 is 11.1 Å². The zero-order valence-corrected chi connectivity index (χ0v) is 12.0. The molecule has 1 aromatic rings. The minimum atomic E-state index is -0.114. The van der Waals surface area contributed by atoms with Crippen molar-refractivity contribution >= 4 is 34.9 Å². The summed E-state index contributed by atoms with van der Waals surface area (Å²) in [6.45, 7) is 2.10. The number of benzene rings is 1. The number of piperidine rings is 1. The first kappa shape index (κ1) is 14.4. The highest BCUT2D eigenvalue weighted by molar-refractivity contribution is 6.42. The molecule has 0 spiro atoms. The molecule has 4 nitrogen and oxygen atoms in total. The van der Waals surface area contributed by atoms with E-state index in [1.165, 1.54) is 0 Å². The number of carbonyl (C=O) groups is 1. The van der Waals surface area contributed by atoms with Gasteiger partial charge in [-0.05, 0) is 43.5 Å². The first-order valence-corrected chi connectivity index (χ1v) is 7.07. The van der Waals surface area contributed by atoms with Gasteiger partial charge in [0.2, 0.25) is 0 Å². The van der Waals surface area contributed by atoms with E-state index in [1.54, 1.807) is 23.1 Å². The van der Waals surface area contributed by atoms with E-state index < -0.39 is 0 Å². The molecule has 1 aromatic carbocycles. The molecule has 2 amide bonds. The number of halogens is 2. The molecule has 1 unspecified atom stereocenters. The van der Waals surface area contributed by atoms with Gasteiger partial charge in [-0.2, -0.15) is 0 Å². The highest BCUT2D eigenvalue weighted by Crippen LogP contribution is 2.25. The fraction of sp³-hybridized carbons (Fsp3) is 0.462. The third-order valence-corrected chi connectivity index (χ3v) is 4.05. The van der Waals surface area contributed by atoms with E-state index in [0.717, 1.165) is 19.4 Å². The van der Waals surface area contributed by atoms with E-state index >= 15 is 0 Å². The Bertz CT molecular complexity index is 467. The number of nitrogens with one attached hydrogen (secondary N) is 1. The van der Waals surface area contributed by atoms with Crippen molar-refractivity contribution in [3.05, 3.63) is 28.2 Å². The first-order chi connectivity index (χ1) is 9.10. The lowest BCUT2D eigenvalue weighted by atomic mass is 9.99. The summed E-state index contributed by atoms with van der Waals surface area (Å²) in [5, 5.41) is 3.73. The highest BCUT2D eigenvalue weighted by Gasteiger charge is 2.22. The molecule has 0 bridgehead atoms. The standard InChI is InChI=1S/C13H17Cl2N3O/c14-11-4-3-10(6-12(11)15)17-13(19)18-5-1-2-9(7-16)8-18/h3-4,6,9H,1-2,5,7-8,16H2,(H,17,19). The SMILES string of the molecule is NCC1CCCN(C(=O)Nc2ccc(Cl)c(Cl)c2)C1.